The van der Waals surface area contributed by atoms with Gasteiger partial charge in [0.2, 0.25) is 5.88 Å². The lowest BCUT2D eigenvalue weighted by atomic mass is 9.95. The molecule has 0 bridgehead atoms. The lowest BCUT2D eigenvalue weighted by Crippen LogP contribution is -2.42. The number of halogens is 1. The molecular weight excluding hydrogens is 601 g/mol. The van der Waals surface area contributed by atoms with Crippen LogP contribution in [0.15, 0.2) is 70.6 Å². The molecule has 11 nitrogen and oxygen atoms in total. The molecule has 4 aromatic rings. The molecule has 0 spiro atoms. The Hall–Kier alpha value is -4.68. The van der Waals surface area contributed by atoms with E-state index in [0.29, 0.717) is 29.8 Å². The number of fused-ring (bicyclic) bond motifs is 1. The molecule has 2 aliphatic heterocycles. The molecule has 0 atom stereocenters. The van der Waals surface area contributed by atoms with Gasteiger partial charge in [-0.05, 0) is 113 Å². The largest absolute Gasteiger partial charge is 0.439 e. The van der Waals surface area contributed by atoms with Gasteiger partial charge >= 0.3 is 5.69 Å². The molecule has 0 radical (unpaired) electrons. The van der Waals surface area contributed by atoms with E-state index in [0.717, 1.165) is 73.7 Å². The monoisotopic (exact) mass is 639 g/mol. The van der Waals surface area contributed by atoms with E-state index in [-0.39, 0.29) is 11.3 Å². The molecule has 4 heterocycles. The van der Waals surface area contributed by atoms with E-state index < -0.39 is 23.0 Å². The molecular formula is C35H38FN7O4. The number of amides is 1. The molecule has 12 heteroatoms. The number of benzene rings is 2. The van der Waals surface area contributed by atoms with Crippen LogP contribution in [0.4, 0.5) is 10.1 Å². The van der Waals surface area contributed by atoms with Crippen molar-refractivity contribution < 1.29 is 13.9 Å². The number of carbonyl (C=O) groups excluding carboxylic acids is 1. The summed E-state index contributed by atoms with van der Waals surface area (Å²) in [4.78, 5) is 53.9. The van der Waals surface area contributed by atoms with Crippen LogP contribution in [-0.4, -0.2) is 68.0 Å². The minimum absolute atomic E-state index is 0.188. The van der Waals surface area contributed by atoms with E-state index in [9.17, 15) is 18.8 Å². The van der Waals surface area contributed by atoms with E-state index in [1.54, 1.807) is 30.6 Å². The van der Waals surface area contributed by atoms with Crippen molar-refractivity contribution >= 4 is 11.6 Å². The summed E-state index contributed by atoms with van der Waals surface area (Å²) in [7, 11) is 2.19. The summed E-state index contributed by atoms with van der Waals surface area (Å²) in [6.45, 7) is 5.51. The SMILES string of the molecule is CN1CCC(CN2CCc3c(ncnc3Oc3ccc(NC(=O)c4cn(CC5CC5)c(=O)n(-c5ccc(F)cc5)c4=O)cc3)C2)CC1. The van der Waals surface area contributed by atoms with E-state index in [2.05, 4.69) is 32.1 Å². The summed E-state index contributed by atoms with van der Waals surface area (Å²) in [6.07, 6.45) is 8.10. The third-order valence-corrected chi connectivity index (χ3v) is 9.36. The number of rotatable bonds is 9. The van der Waals surface area contributed by atoms with Crippen LogP contribution in [0.1, 0.15) is 47.3 Å². The molecule has 0 unspecified atom stereocenters. The predicted octanol–water partition coefficient (Wildman–Crippen LogP) is 4.08. The first-order chi connectivity index (χ1) is 22.8. The van der Waals surface area contributed by atoms with Gasteiger partial charge in [-0.1, -0.05) is 0 Å². The van der Waals surface area contributed by atoms with Crippen molar-refractivity contribution in [3.63, 3.8) is 0 Å². The van der Waals surface area contributed by atoms with Gasteiger partial charge in [0.15, 0.2) is 0 Å². The van der Waals surface area contributed by atoms with Crippen molar-refractivity contribution in [2.24, 2.45) is 11.8 Å². The second-order valence-electron chi connectivity index (χ2n) is 13.0. The lowest BCUT2D eigenvalue weighted by Gasteiger charge is -2.35. The first kappa shape index (κ1) is 30.9. The molecule has 47 heavy (non-hydrogen) atoms. The van der Waals surface area contributed by atoms with Crippen LogP contribution < -0.4 is 21.3 Å². The van der Waals surface area contributed by atoms with Gasteiger partial charge in [0.1, 0.15) is 23.5 Å². The van der Waals surface area contributed by atoms with Crippen LogP contribution >= 0.6 is 0 Å². The fraction of sp³-hybridized carbons (Fsp3) is 0.400. The third-order valence-electron chi connectivity index (χ3n) is 9.36. The summed E-state index contributed by atoms with van der Waals surface area (Å²) in [5.41, 5.74) is 1.12. The molecule has 1 saturated carbocycles. The van der Waals surface area contributed by atoms with Crippen molar-refractivity contribution in [3.8, 4) is 17.3 Å². The average Bonchev–Trinajstić information content (AvgIpc) is 3.89. The van der Waals surface area contributed by atoms with Crippen molar-refractivity contribution in [1.29, 1.82) is 0 Å². The van der Waals surface area contributed by atoms with Gasteiger partial charge < -0.3 is 15.0 Å². The smallest absolute Gasteiger partial charge is 0.335 e. The fourth-order valence-electron chi connectivity index (χ4n) is 6.43. The van der Waals surface area contributed by atoms with Crippen LogP contribution in [0.3, 0.4) is 0 Å². The Bertz CT molecular complexity index is 1880. The fourth-order valence-corrected chi connectivity index (χ4v) is 6.43. The molecule has 2 aromatic heterocycles. The highest BCUT2D eigenvalue weighted by atomic mass is 19.1. The zero-order valence-corrected chi connectivity index (χ0v) is 26.4. The van der Waals surface area contributed by atoms with Gasteiger partial charge in [-0.2, -0.15) is 0 Å². The summed E-state index contributed by atoms with van der Waals surface area (Å²) >= 11 is 0. The molecule has 1 saturated heterocycles. The zero-order chi connectivity index (χ0) is 32.5. The van der Waals surface area contributed by atoms with Crippen molar-refractivity contribution in [1.82, 2.24) is 28.9 Å². The Morgan fingerprint density at radius 2 is 1.66 bits per heavy atom. The maximum Gasteiger partial charge on any atom is 0.335 e. The summed E-state index contributed by atoms with van der Waals surface area (Å²) in [5, 5.41) is 2.77. The predicted molar refractivity (Wildman–Crippen MR) is 175 cm³/mol. The van der Waals surface area contributed by atoms with E-state index in [4.69, 9.17) is 4.74 Å². The molecule has 2 fully saturated rings. The van der Waals surface area contributed by atoms with Crippen LogP contribution in [0.2, 0.25) is 0 Å². The van der Waals surface area contributed by atoms with Crippen LogP contribution in [0, 0.1) is 17.7 Å². The highest BCUT2D eigenvalue weighted by Crippen LogP contribution is 2.31. The lowest BCUT2D eigenvalue weighted by molar-refractivity contribution is 0.102. The summed E-state index contributed by atoms with van der Waals surface area (Å²) in [6, 6.07) is 11.9. The number of anilines is 1. The molecule has 244 valence electrons. The second-order valence-corrected chi connectivity index (χ2v) is 13.0. The Balaban J connectivity index is 1.04. The number of hydrogen-bond donors (Lipinski definition) is 1. The van der Waals surface area contributed by atoms with Gasteiger partial charge in [0.05, 0.1) is 11.4 Å². The number of nitrogens with one attached hydrogen (secondary N) is 1. The Morgan fingerprint density at radius 3 is 2.38 bits per heavy atom. The van der Waals surface area contributed by atoms with E-state index >= 15 is 0 Å². The van der Waals surface area contributed by atoms with Gasteiger partial charge in [0.25, 0.3) is 11.5 Å². The average molecular weight is 640 g/mol. The number of nitrogens with zero attached hydrogens (tertiary/aromatic N) is 6. The third kappa shape index (κ3) is 7.03. The van der Waals surface area contributed by atoms with Gasteiger partial charge in [-0.25, -0.2) is 23.7 Å². The molecule has 3 aliphatic rings. The molecule has 7 rings (SSSR count). The Kier molecular flexibility index (Phi) is 8.70. The maximum absolute atomic E-state index is 13.6. The summed E-state index contributed by atoms with van der Waals surface area (Å²) < 4.78 is 22.1. The molecule has 1 aliphatic carbocycles. The number of carbonyl (C=O) groups is 1. The number of piperidine rings is 1. The summed E-state index contributed by atoms with van der Waals surface area (Å²) in [5.74, 6) is 0.970. The van der Waals surface area contributed by atoms with E-state index in [1.807, 2.05) is 0 Å². The Labute approximate surface area is 271 Å². The van der Waals surface area contributed by atoms with Gasteiger partial charge in [-0.15, -0.1) is 0 Å². The van der Waals surface area contributed by atoms with Crippen LogP contribution in [-0.2, 0) is 19.5 Å². The minimum atomic E-state index is -0.774. The maximum atomic E-state index is 13.6. The highest BCUT2D eigenvalue weighted by molar-refractivity contribution is 6.03. The number of aromatic nitrogens is 4. The highest BCUT2D eigenvalue weighted by Gasteiger charge is 2.27. The zero-order valence-electron chi connectivity index (χ0n) is 26.4. The first-order valence-corrected chi connectivity index (χ1v) is 16.3. The minimum Gasteiger partial charge on any atom is -0.439 e. The van der Waals surface area contributed by atoms with Crippen molar-refractivity contribution in [2.45, 2.75) is 45.2 Å². The normalized spacial score (nSPS) is 17.3. The topological polar surface area (TPSA) is 115 Å². The second kappa shape index (κ2) is 13.2. The van der Waals surface area contributed by atoms with Crippen molar-refractivity contribution in [3.05, 3.63) is 105 Å². The molecule has 1 amide bonds. The van der Waals surface area contributed by atoms with Crippen LogP contribution in [0.25, 0.3) is 5.69 Å². The first-order valence-electron chi connectivity index (χ1n) is 16.3. The molecule has 1 N–H and O–H groups in total. The van der Waals surface area contributed by atoms with Crippen LogP contribution in [0.5, 0.6) is 11.6 Å². The quantitative estimate of drug-likeness (QED) is 0.292. The van der Waals surface area contributed by atoms with E-state index in [1.165, 1.54) is 47.9 Å². The number of hydrogen-bond acceptors (Lipinski definition) is 8. The standard InChI is InChI=1S/C35H38FN7O4/c1-40-15-12-24(13-16-40)18-41-17-14-29-31(21-41)37-22-38-33(29)47-28-10-6-26(7-11-28)39-32(44)30-20-42(19-23-2-3-23)35(46)43(34(30)45)27-8-4-25(36)5-9-27/h4-11,20,22-24H,2-3,12-19,21H2,1H3,(H,39,44). The van der Waals surface area contributed by atoms with Crippen molar-refractivity contribution in [2.75, 3.05) is 38.5 Å². The Morgan fingerprint density at radius 1 is 0.936 bits per heavy atom. The van der Waals surface area contributed by atoms with Gasteiger partial charge in [0, 0.05) is 43.6 Å². The number of ether oxygens (including phenoxy) is 1. The van der Waals surface area contributed by atoms with Gasteiger partial charge in [-0.3, -0.25) is 19.1 Å². The number of likely N-dealkylation sites (tertiary alicyclic amines) is 1. The molecule has 2 aromatic carbocycles.